The summed E-state index contributed by atoms with van der Waals surface area (Å²) in [5.74, 6) is -0.170. The maximum absolute atomic E-state index is 12.1. The van der Waals surface area contributed by atoms with Gasteiger partial charge in [-0.25, -0.2) is 0 Å². The molecule has 0 saturated carbocycles. The molecule has 0 atom stereocenters. The van der Waals surface area contributed by atoms with Crippen molar-refractivity contribution in [2.75, 3.05) is 31.5 Å². The van der Waals surface area contributed by atoms with E-state index in [4.69, 9.17) is 9.47 Å². The fourth-order valence-electron chi connectivity index (χ4n) is 1.82. The minimum atomic E-state index is -0.297. The molecule has 9 heteroatoms. The summed E-state index contributed by atoms with van der Waals surface area (Å²) in [4.78, 5) is 24.1. The summed E-state index contributed by atoms with van der Waals surface area (Å²) in [6, 6.07) is 4.91. The summed E-state index contributed by atoms with van der Waals surface area (Å²) in [7, 11) is 2.91. The zero-order valence-electron chi connectivity index (χ0n) is 12.9. The first-order valence-corrected chi connectivity index (χ1v) is 7.39. The molecule has 8 nitrogen and oxygen atoms in total. The Labute approximate surface area is 137 Å². The van der Waals surface area contributed by atoms with Crippen molar-refractivity contribution in [3.05, 3.63) is 28.8 Å². The van der Waals surface area contributed by atoms with E-state index in [1.807, 2.05) is 0 Å². The number of benzene rings is 1. The highest BCUT2D eigenvalue weighted by Gasteiger charge is 2.15. The van der Waals surface area contributed by atoms with Gasteiger partial charge in [0.2, 0.25) is 5.91 Å². The number of rotatable bonds is 6. The monoisotopic (exact) mass is 336 g/mol. The number of anilines is 2. The lowest BCUT2D eigenvalue weighted by Crippen LogP contribution is -2.18. The Hall–Kier alpha value is -2.52. The van der Waals surface area contributed by atoms with Crippen LogP contribution < -0.4 is 15.4 Å². The first-order chi connectivity index (χ1) is 11.0. The zero-order valence-corrected chi connectivity index (χ0v) is 13.7. The molecule has 23 heavy (non-hydrogen) atoms. The second-order valence-electron chi connectivity index (χ2n) is 4.54. The predicted molar refractivity (Wildman–Crippen MR) is 86.1 cm³/mol. The second-order valence-corrected chi connectivity index (χ2v) is 5.29. The van der Waals surface area contributed by atoms with Crippen LogP contribution in [0.3, 0.4) is 0 Å². The summed E-state index contributed by atoms with van der Waals surface area (Å²) in [5.41, 5.74) is 1.59. The number of nitrogens with one attached hydrogen (secondary N) is 2. The molecule has 0 fully saturated rings. The minimum absolute atomic E-state index is 0.0563. The molecular weight excluding hydrogens is 320 g/mol. The predicted octanol–water partition coefficient (Wildman–Crippen LogP) is 1.69. The fraction of sp³-hybridized carbons (Fsp3) is 0.286. The Morgan fingerprint density at radius 2 is 2.04 bits per heavy atom. The van der Waals surface area contributed by atoms with Crippen molar-refractivity contribution in [2.45, 2.75) is 6.92 Å². The Morgan fingerprint density at radius 3 is 2.65 bits per heavy atom. The lowest BCUT2D eigenvalue weighted by molar-refractivity contribution is -0.119. The molecule has 0 aliphatic carbocycles. The van der Waals surface area contributed by atoms with Crippen LogP contribution in [0.5, 0.6) is 5.75 Å². The Kier molecular flexibility index (Phi) is 5.61. The Morgan fingerprint density at radius 1 is 1.26 bits per heavy atom. The van der Waals surface area contributed by atoms with Crippen LogP contribution in [0.2, 0.25) is 0 Å². The number of aromatic nitrogens is 2. The number of carbonyl (C=O) groups is 2. The Balaban J connectivity index is 2.14. The molecule has 0 aliphatic heterocycles. The molecule has 2 amide bonds. The molecule has 1 heterocycles. The quantitative estimate of drug-likeness (QED) is 0.832. The number of hydrogen-bond donors (Lipinski definition) is 2. The van der Waals surface area contributed by atoms with Crippen molar-refractivity contribution < 1.29 is 19.1 Å². The lowest BCUT2D eigenvalue weighted by Gasteiger charge is -2.12. The molecule has 122 valence electrons. The molecule has 1 aromatic carbocycles. The molecule has 0 saturated heterocycles. The number of amides is 2. The van der Waals surface area contributed by atoms with Gasteiger partial charge < -0.3 is 20.1 Å². The van der Waals surface area contributed by atoms with Gasteiger partial charge in [-0.1, -0.05) is 4.49 Å². The van der Waals surface area contributed by atoms with E-state index < -0.39 is 0 Å². The van der Waals surface area contributed by atoms with E-state index in [9.17, 15) is 9.59 Å². The third-order valence-electron chi connectivity index (χ3n) is 2.87. The first kappa shape index (κ1) is 16.8. The summed E-state index contributed by atoms with van der Waals surface area (Å²) in [6.45, 7) is 1.66. The van der Waals surface area contributed by atoms with Gasteiger partial charge in [-0.2, -0.15) is 0 Å². The van der Waals surface area contributed by atoms with Crippen LogP contribution in [0.4, 0.5) is 11.4 Å². The molecule has 1 aromatic heterocycles. The maximum Gasteiger partial charge on any atom is 0.269 e. The van der Waals surface area contributed by atoms with Gasteiger partial charge in [0.15, 0.2) is 0 Å². The number of carbonyl (C=O) groups excluding carboxylic acids is 2. The van der Waals surface area contributed by atoms with Gasteiger partial charge in [0.25, 0.3) is 5.91 Å². The average Bonchev–Trinajstić information content (AvgIpc) is 2.95. The summed E-state index contributed by atoms with van der Waals surface area (Å²) < 4.78 is 13.7. The van der Waals surface area contributed by atoms with Crippen LogP contribution in [0.1, 0.15) is 15.4 Å². The summed E-state index contributed by atoms with van der Waals surface area (Å²) >= 11 is 1.03. The van der Waals surface area contributed by atoms with Crippen LogP contribution in [0.25, 0.3) is 0 Å². The highest BCUT2D eigenvalue weighted by atomic mass is 32.1. The summed E-state index contributed by atoms with van der Waals surface area (Å²) in [6.07, 6.45) is 0. The van der Waals surface area contributed by atoms with Gasteiger partial charge in [-0.3, -0.25) is 9.59 Å². The van der Waals surface area contributed by atoms with Crippen LogP contribution in [-0.4, -0.2) is 42.2 Å². The highest BCUT2D eigenvalue weighted by molar-refractivity contribution is 7.08. The number of ether oxygens (including phenoxy) is 2. The van der Waals surface area contributed by atoms with E-state index >= 15 is 0 Å². The zero-order chi connectivity index (χ0) is 16.8. The Bertz CT molecular complexity index is 717. The lowest BCUT2D eigenvalue weighted by atomic mass is 10.2. The van der Waals surface area contributed by atoms with Gasteiger partial charge in [0, 0.05) is 18.9 Å². The topological polar surface area (TPSA) is 102 Å². The third-order valence-corrected chi connectivity index (χ3v) is 3.69. The highest BCUT2D eigenvalue weighted by Crippen LogP contribution is 2.28. The molecule has 2 rings (SSSR count). The van der Waals surface area contributed by atoms with E-state index in [2.05, 4.69) is 20.2 Å². The van der Waals surface area contributed by atoms with Gasteiger partial charge in [-0.05, 0) is 30.6 Å². The molecule has 0 spiro atoms. The van der Waals surface area contributed by atoms with E-state index in [-0.39, 0.29) is 18.4 Å². The van der Waals surface area contributed by atoms with E-state index in [1.54, 1.807) is 25.1 Å². The smallest absolute Gasteiger partial charge is 0.269 e. The number of hydrogen-bond acceptors (Lipinski definition) is 7. The van der Waals surface area contributed by atoms with E-state index in [0.29, 0.717) is 27.7 Å². The number of nitrogens with zero attached hydrogens (tertiary/aromatic N) is 2. The third kappa shape index (κ3) is 4.24. The molecular formula is C14H16N4O4S. The van der Waals surface area contributed by atoms with E-state index in [0.717, 1.165) is 11.5 Å². The molecule has 0 unspecified atom stereocenters. The van der Waals surface area contributed by atoms with Crippen LogP contribution in [0, 0.1) is 6.92 Å². The summed E-state index contributed by atoms with van der Waals surface area (Å²) in [5, 5.41) is 9.20. The van der Waals surface area contributed by atoms with Crippen LogP contribution in [-0.2, 0) is 9.53 Å². The second kappa shape index (κ2) is 7.65. The van der Waals surface area contributed by atoms with Crippen molar-refractivity contribution >= 4 is 34.7 Å². The van der Waals surface area contributed by atoms with Crippen LogP contribution in [0.15, 0.2) is 18.2 Å². The largest absolute Gasteiger partial charge is 0.494 e. The average molecular weight is 336 g/mol. The molecule has 0 aliphatic rings. The number of aryl methyl sites for hydroxylation is 1. The van der Waals surface area contributed by atoms with Crippen molar-refractivity contribution in [1.29, 1.82) is 0 Å². The fourth-order valence-corrected chi connectivity index (χ4v) is 2.37. The minimum Gasteiger partial charge on any atom is -0.494 e. The van der Waals surface area contributed by atoms with Crippen molar-refractivity contribution in [3.63, 3.8) is 0 Å². The van der Waals surface area contributed by atoms with Crippen molar-refractivity contribution in [2.24, 2.45) is 0 Å². The van der Waals surface area contributed by atoms with Crippen molar-refractivity contribution in [3.8, 4) is 5.75 Å². The SMILES string of the molecule is COCC(=O)Nc1ccc(NC(=O)c2snnc2C)cc1OC. The van der Waals surface area contributed by atoms with Gasteiger partial charge in [-0.15, -0.1) is 5.10 Å². The van der Waals surface area contributed by atoms with Gasteiger partial charge in [0.05, 0.1) is 18.5 Å². The first-order valence-electron chi connectivity index (χ1n) is 6.62. The standard InChI is InChI=1S/C14H16N4O4S/c1-8-13(23-18-17-8)14(20)15-9-4-5-10(11(6-9)22-3)16-12(19)7-21-2/h4-6H,7H2,1-3H3,(H,15,20)(H,16,19). The van der Waals surface area contributed by atoms with Crippen molar-refractivity contribution in [1.82, 2.24) is 9.59 Å². The normalized spacial score (nSPS) is 10.2. The molecule has 2 N–H and O–H groups in total. The molecule has 0 radical (unpaired) electrons. The van der Waals surface area contributed by atoms with Crippen LogP contribution >= 0.6 is 11.5 Å². The number of methoxy groups -OCH3 is 2. The van der Waals surface area contributed by atoms with Gasteiger partial charge in [0.1, 0.15) is 17.2 Å². The maximum atomic E-state index is 12.1. The van der Waals surface area contributed by atoms with E-state index in [1.165, 1.54) is 14.2 Å². The molecule has 0 bridgehead atoms. The molecule has 2 aromatic rings. The van der Waals surface area contributed by atoms with Gasteiger partial charge >= 0.3 is 0 Å².